The van der Waals surface area contributed by atoms with Crippen molar-refractivity contribution in [2.75, 3.05) is 0 Å². The first-order valence-electron chi connectivity index (χ1n) is 5.57. The number of rotatable bonds is 4. The molecule has 0 saturated heterocycles. The van der Waals surface area contributed by atoms with Gasteiger partial charge in [-0.25, -0.2) is 4.39 Å². The first-order valence-corrected chi connectivity index (χ1v) is 5.57. The zero-order chi connectivity index (χ0) is 12.8. The number of nitriles is 1. The number of hydrogen-bond acceptors (Lipinski definition) is 3. The molecule has 1 unspecified atom stereocenters. The summed E-state index contributed by atoms with van der Waals surface area (Å²) in [6.45, 7) is 0.473. The molecule has 2 rings (SSSR count). The topological polar surface area (TPSA) is 48.7 Å². The Morgan fingerprint density at radius 3 is 2.78 bits per heavy atom. The number of halogens is 1. The van der Waals surface area contributed by atoms with Crippen LogP contribution in [-0.2, 0) is 6.54 Å². The summed E-state index contributed by atoms with van der Waals surface area (Å²) in [6.07, 6.45) is 3.39. The SMILES string of the molecule is N#CC(NCc1cccnc1)c1ccccc1F. The van der Waals surface area contributed by atoms with E-state index in [1.807, 2.05) is 12.1 Å². The zero-order valence-corrected chi connectivity index (χ0v) is 9.68. The van der Waals surface area contributed by atoms with E-state index < -0.39 is 6.04 Å². The van der Waals surface area contributed by atoms with Crippen LogP contribution in [0, 0.1) is 17.1 Å². The van der Waals surface area contributed by atoms with E-state index in [4.69, 9.17) is 5.26 Å². The number of hydrogen-bond donors (Lipinski definition) is 1. The van der Waals surface area contributed by atoms with Crippen LogP contribution in [0.1, 0.15) is 17.2 Å². The van der Waals surface area contributed by atoms with E-state index in [2.05, 4.69) is 16.4 Å². The Morgan fingerprint density at radius 2 is 2.11 bits per heavy atom. The lowest BCUT2D eigenvalue weighted by molar-refractivity contribution is 0.561. The van der Waals surface area contributed by atoms with Crippen LogP contribution in [-0.4, -0.2) is 4.98 Å². The maximum atomic E-state index is 13.5. The first-order chi connectivity index (χ1) is 8.81. The predicted molar refractivity (Wildman–Crippen MR) is 65.8 cm³/mol. The van der Waals surface area contributed by atoms with Crippen molar-refractivity contribution in [2.45, 2.75) is 12.6 Å². The van der Waals surface area contributed by atoms with Crippen LogP contribution < -0.4 is 5.32 Å². The highest BCUT2D eigenvalue weighted by atomic mass is 19.1. The number of aromatic nitrogens is 1. The van der Waals surface area contributed by atoms with Gasteiger partial charge in [-0.05, 0) is 17.7 Å². The third-order valence-corrected chi connectivity index (χ3v) is 2.58. The van der Waals surface area contributed by atoms with Gasteiger partial charge in [-0.1, -0.05) is 24.3 Å². The molecule has 0 aliphatic rings. The zero-order valence-electron chi connectivity index (χ0n) is 9.68. The Labute approximate surface area is 105 Å². The second-order valence-electron chi connectivity index (χ2n) is 3.83. The number of nitrogens with one attached hydrogen (secondary N) is 1. The fourth-order valence-electron chi connectivity index (χ4n) is 1.66. The van der Waals surface area contributed by atoms with Crippen LogP contribution in [0.4, 0.5) is 4.39 Å². The Bertz CT molecular complexity index is 548. The number of benzene rings is 1. The van der Waals surface area contributed by atoms with Gasteiger partial charge in [0.15, 0.2) is 0 Å². The molecule has 0 amide bonds. The summed E-state index contributed by atoms with van der Waals surface area (Å²) in [5, 5.41) is 12.1. The minimum atomic E-state index is -0.661. The molecule has 0 bridgehead atoms. The standard InChI is InChI=1S/C14H12FN3/c15-13-6-2-1-5-12(13)14(8-16)18-10-11-4-3-7-17-9-11/h1-7,9,14,18H,10H2. The van der Waals surface area contributed by atoms with Crippen LogP contribution in [0.5, 0.6) is 0 Å². The van der Waals surface area contributed by atoms with Crippen LogP contribution >= 0.6 is 0 Å². The molecule has 0 fully saturated rings. The molecule has 90 valence electrons. The predicted octanol–water partition coefficient (Wildman–Crippen LogP) is 2.58. The van der Waals surface area contributed by atoms with E-state index >= 15 is 0 Å². The molecular weight excluding hydrogens is 229 g/mol. The maximum absolute atomic E-state index is 13.5. The minimum Gasteiger partial charge on any atom is -0.294 e. The molecule has 1 aromatic carbocycles. The van der Waals surface area contributed by atoms with Crippen LogP contribution in [0.2, 0.25) is 0 Å². The van der Waals surface area contributed by atoms with Crippen LogP contribution in [0.15, 0.2) is 48.8 Å². The summed E-state index contributed by atoms with van der Waals surface area (Å²) in [7, 11) is 0. The van der Waals surface area contributed by atoms with Crippen molar-refractivity contribution >= 4 is 0 Å². The summed E-state index contributed by atoms with van der Waals surface area (Å²) in [5.74, 6) is -0.372. The summed E-state index contributed by atoms with van der Waals surface area (Å²) in [5.41, 5.74) is 1.32. The van der Waals surface area contributed by atoms with Gasteiger partial charge in [0, 0.05) is 24.5 Å². The van der Waals surface area contributed by atoms with Crippen molar-refractivity contribution < 1.29 is 4.39 Å². The summed E-state index contributed by atoms with van der Waals surface area (Å²) < 4.78 is 13.5. The van der Waals surface area contributed by atoms with Gasteiger partial charge in [0.1, 0.15) is 11.9 Å². The Hall–Kier alpha value is -2.25. The largest absolute Gasteiger partial charge is 0.294 e. The van der Waals surface area contributed by atoms with Gasteiger partial charge >= 0.3 is 0 Å². The van der Waals surface area contributed by atoms with Gasteiger partial charge in [-0.3, -0.25) is 10.3 Å². The fraction of sp³-hybridized carbons (Fsp3) is 0.143. The highest BCUT2D eigenvalue weighted by Crippen LogP contribution is 2.16. The van der Waals surface area contributed by atoms with Crippen molar-refractivity contribution in [1.82, 2.24) is 10.3 Å². The summed E-state index contributed by atoms with van der Waals surface area (Å²) in [6, 6.07) is 11.4. The molecule has 18 heavy (non-hydrogen) atoms. The quantitative estimate of drug-likeness (QED) is 0.895. The second-order valence-corrected chi connectivity index (χ2v) is 3.83. The van der Waals surface area contributed by atoms with Gasteiger partial charge in [-0.2, -0.15) is 5.26 Å². The average molecular weight is 241 g/mol. The molecule has 0 radical (unpaired) electrons. The molecule has 0 spiro atoms. The molecular formula is C14H12FN3. The van der Waals surface area contributed by atoms with Crippen molar-refractivity contribution in [3.63, 3.8) is 0 Å². The van der Waals surface area contributed by atoms with E-state index in [1.165, 1.54) is 6.07 Å². The Kier molecular flexibility index (Phi) is 4.00. The van der Waals surface area contributed by atoms with E-state index in [1.54, 1.807) is 30.6 Å². The highest BCUT2D eigenvalue weighted by Gasteiger charge is 2.13. The molecule has 1 atom stereocenters. The van der Waals surface area contributed by atoms with Crippen LogP contribution in [0.25, 0.3) is 0 Å². The molecule has 0 aliphatic carbocycles. The molecule has 2 aromatic rings. The van der Waals surface area contributed by atoms with E-state index in [0.717, 1.165) is 5.56 Å². The fourth-order valence-corrected chi connectivity index (χ4v) is 1.66. The second kappa shape index (κ2) is 5.89. The molecule has 1 aromatic heterocycles. The van der Waals surface area contributed by atoms with Crippen molar-refractivity contribution in [3.8, 4) is 6.07 Å². The highest BCUT2D eigenvalue weighted by molar-refractivity contribution is 5.26. The lowest BCUT2D eigenvalue weighted by atomic mass is 10.1. The smallest absolute Gasteiger partial charge is 0.129 e. The third kappa shape index (κ3) is 2.90. The lowest BCUT2D eigenvalue weighted by Gasteiger charge is -2.12. The number of pyridine rings is 1. The van der Waals surface area contributed by atoms with Crippen LogP contribution in [0.3, 0.4) is 0 Å². The first kappa shape index (κ1) is 12.2. The molecule has 0 aliphatic heterocycles. The average Bonchev–Trinajstić information content (AvgIpc) is 2.42. The minimum absolute atomic E-state index is 0.365. The maximum Gasteiger partial charge on any atom is 0.129 e. The van der Waals surface area contributed by atoms with Gasteiger partial charge in [0.25, 0.3) is 0 Å². The summed E-state index contributed by atoms with van der Waals surface area (Å²) >= 11 is 0. The van der Waals surface area contributed by atoms with Crippen molar-refractivity contribution in [2.24, 2.45) is 0 Å². The molecule has 0 saturated carbocycles. The Balaban J connectivity index is 2.08. The van der Waals surface area contributed by atoms with E-state index in [0.29, 0.717) is 12.1 Å². The molecule has 3 nitrogen and oxygen atoms in total. The Morgan fingerprint density at radius 1 is 1.28 bits per heavy atom. The van der Waals surface area contributed by atoms with Gasteiger partial charge < -0.3 is 0 Å². The number of nitrogens with zero attached hydrogens (tertiary/aromatic N) is 2. The third-order valence-electron chi connectivity index (χ3n) is 2.58. The monoisotopic (exact) mass is 241 g/mol. The van der Waals surface area contributed by atoms with Gasteiger partial charge in [-0.15, -0.1) is 0 Å². The van der Waals surface area contributed by atoms with Crippen molar-refractivity contribution in [1.29, 1.82) is 5.26 Å². The van der Waals surface area contributed by atoms with E-state index in [9.17, 15) is 4.39 Å². The lowest BCUT2D eigenvalue weighted by Crippen LogP contribution is -2.20. The van der Waals surface area contributed by atoms with Gasteiger partial charge in [0.2, 0.25) is 0 Å². The van der Waals surface area contributed by atoms with Gasteiger partial charge in [0.05, 0.1) is 6.07 Å². The molecule has 4 heteroatoms. The summed E-state index contributed by atoms with van der Waals surface area (Å²) in [4.78, 5) is 3.98. The van der Waals surface area contributed by atoms with Crippen molar-refractivity contribution in [3.05, 3.63) is 65.7 Å². The molecule has 1 heterocycles. The normalized spacial score (nSPS) is 11.8. The van der Waals surface area contributed by atoms with E-state index in [-0.39, 0.29) is 5.82 Å². The molecule has 1 N–H and O–H groups in total.